The fourth-order valence-corrected chi connectivity index (χ4v) is 2.15. The Morgan fingerprint density at radius 2 is 1.95 bits per heavy atom. The van der Waals surface area contributed by atoms with Crippen LogP contribution in [0.5, 0.6) is 0 Å². The predicted molar refractivity (Wildman–Crippen MR) is 81.9 cm³/mol. The number of carbonyl (C=O) groups excluding carboxylic acids is 1. The van der Waals surface area contributed by atoms with E-state index in [4.69, 9.17) is 16.7 Å². The van der Waals surface area contributed by atoms with Crippen LogP contribution in [0.3, 0.4) is 0 Å². The van der Waals surface area contributed by atoms with Gasteiger partial charge in [0.1, 0.15) is 6.61 Å². The van der Waals surface area contributed by atoms with E-state index < -0.39 is 0 Å². The number of rotatable bonds is 5. The Morgan fingerprint density at radius 3 is 2.45 bits per heavy atom. The summed E-state index contributed by atoms with van der Waals surface area (Å²) in [6, 6.07) is 5.09. The van der Waals surface area contributed by atoms with E-state index in [1.807, 2.05) is 4.90 Å². The van der Waals surface area contributed by atoms with Crippen LogP contribution in [0.2, 0.25) is 5.02 Å². The average molecular weight is 294 g/mol. The number of benzene rings is 1. The molecule has 0 fully saturated rings. The lowest BCUT2D eigenvalue weighted by atomic mass is 10.1. The summed E-state index contributed by atoms with van der Waals surface area (Å²) in [7, 11) is 0. The van der Waals surface area contributed by atoms with Gasteiger partial charge < -0.3 is 10.0 Å². The Balaban J connectivity index is 2.95. The van der Waals surface area contributed by atoms with Gasteiger partial charge in [0.25, 0.3) is 5.91 Å². The van der Waals surface area contributed by atoms with Crippen LogP contribution in [0.15, 0.2) is 18.2 Å². The SMILES string of the molecule is CCCN(CCC)C(=O)c1ccc(C#CCO)c(Cl)c1. The smallest absolute Gasteiger partial charge is 0.253 e. The van der Waals surface area contributed by atoms with Crippen molar-refractivity contribution < 1.29 is 9.90 Å². The van der Waals surface area contributed by atoms with Gasteiger partial charge in [0.2, 0.25) is 0 Å². The van der Waals surface area contributed by atoms with Gasteiger partial charge in [0.15, 0.2) is 0 Å². The third kappa shape index (κ3) is 4.56. The molecule has 0 unspecified atom stereocenters. The normalized spacial score (nSPS) is 9.80. The van der Waals surface area contributed by atoms with E-state index in [9.17, 15) is 4.79 Å². The molecule has 1 aromatic carbocycles. The summed E-state index contributed by atoms with van der Waals surface area (Å²) in [6.45, 7) is 5.39. The second-order valence-corrected chi connectivity index (χ2v) is 4.85. The summed E-state index contributed by atoms with van der Waals surface area (Å²) in [5.41, 5.74) is 1.20. The zero-order chi connectivity index (χ0) is 15.0. The van der Waals surface area contributed by atoms with Crippen LogP contribution in [-0.2, 0) is 0 Å². The van der Waals surface area contributed by atoms with Crippen molar-refractivity contribution in [2.45, 2.75) is 26.7 Å². The highest BCUT2D eigenvalue weighted by molar-refractivity contribution is 6.32. The zero-order valence-electron chi connectivity index (χ0n) is 11.9. The van der Waals surface area contributed by atoms with Crippen molar-refractivity contribution in [2.24, 2.45) is 0 Å². The lowest BCUT2D eigenvalue weighted by molar-refractivity contribution is 0.0755. The molecule has 1 N–H and O–H groups in total. The van der Waals surface area contributed by atoms with Gasteiger partial charge in [-0.15, -0.1) is 0 Å². The van der Waals surface area contributed by atoms with Crippen LogP contribution < -0.4 is 0 Å². The first-order valence-electron chi connectivity index (χ1n) is 6.82. The number of aliphatic hydroxyl groups excluding tert-OH is 1. The quantitative estimate of drug-likeness (QED) is 0.848. The molecule has 0 aliphatic heterocycles. The Bertz CT molecular complexity index is 511. The predicted octanol–water partition coefficient (Wildman–Crippen LogP) is 2.95. The van der Waals surface area contributed by atoms with E-state index in [0.717, 1.165) is 25.9 Å². The van der Waals surface area contributed by atoms with Gasteiger partial charge >= 0.3 is 0 Å². The van der Waals surface area contributed by atoms with Crippen LogP contribution >= 0.6 is 11.6 Å². The van der Waals surface area contributed by atoms with Crippen molar-refractivity contribution in [1.82, 2.24) is 4.90 Å². The van der Waals surface area contributed by atoms with E-state index in [-0.39, 0.29) is 12.5 Å². The fraction of sp³-hybridized carbons (Fsp3) is 0.438. The van der Waals surface area contributed by atoms with Crippen molar-refractivity contribution in [1.29, 1.82) is 0 Å². The highest BCUT2D eigenvalue weighted by Gasteiger charge is 2.15. The van der Waals surface area contributed by atoms with Crippen molar-refractivity contribution in [3.05, 3.63) is 34.3 Å². The van der Waals surface area contributed by atoms with E-state index in [1.165, 1.54) is 0 Å². The zero-order valence-corrected chi connectivity index (χ0v) is 12.7. The maximum absolute atomic E-state index is 12.4. The minimum absolute atomic E-state index is 0.00253. The molecule has 0 bridgehead atoms. The molecule has 0 saturated carbocycles. The summed E-state index contributed by atoms with van der Waals surface area (Å²) in [6.07, 6.45) is 1.86. The largest absolute Gasteiger partial charge is 0.384 e. The molecule has 0 aliphatic carbocycles. The van der Waals surface area contributed by atoms with Crippen molar-refractivity contribution in [3.8, 4) is 11.8 Å². The Morgan fingerprint density at radius 1 is 1.30 bits per heavy atom. The molecule has 20 heavy (non-hydrogen) atoms. The van der Waals surface area contributed by atoms with E-state index in [0.29, 0.717) is 16.1 Å². The summed E-state index contributed by atoms with van der Waals surface area (Å²) < 4.78 is 0. The molecule has 1 rings (SSSR count). The lowest BCUT2D eigenvalue weighted by Gasteiger charge is -2.21. The highest BCUT2D eigenvalue weighted by atomic mass is 35.5. The minimum atomic E-state index is -0.211. The molecule has 0 saturated heterocycles. The topological polar surface area (TPSA) is 40.5 Å². The first kappa shape index (κ1) is 16.6. The van der Waals surface area contributed by atoms with E-state index >= 15 is 0 Å². The summed E-state index contributed by atoms with van der Waals surface area (Å²) in [5, 5.41) is 9.11. The molecule has 0 heterocycles. The monoisotopic (exact) mass is 293 g/mol. The average Bonchev–Trinajstić information content (AvgIpc) is 2.45. The number of nitrogens with zero attached hydrogens (tertiary/aromatic N) is 1. The standard InChI is InChI=1S/C16H20ClNO2/c1-3-9-18(10-4-2)16(20)14-8-7-13(6-5-11-19)15(17)12-14/h7-8,12,19H,3-4,9-11H2,1-2H3. The van der Waals surface area contributed by atoms with Gasteiger partial charge in [0, 0.05) is 24.2 Å². The number of hydrogen-bond acceptors (Lipinski definition) is 2. The Hall–Kier alpha value is -1.50. The molecular formula is C16H20ClNO2. The fourth-order valence-electron chi connectivity index (χ4n) is 1.92. The Kier molecular flexibility index (Phi) is 7.14. The number of amides is 1. The van der Waals surface area contributed by atoms with Crippen molar-refractivity contribution >= 4 is 17.5 Å². The van der Waals surface area contributed by atoms with Gasteiger partial charge in [-0.25, -0.2) is 0 Å². The Labute approximate surface area is 125 Å². The molecule has 1 amide bonds. The lowest BCUT2D eigenvalue weighted by Crippen LogP contribution is -2.32. The van der Waals surface area contributed by atoms with Gasteiger partial charge in [-0.05, 0) is 31.0 Å². The van der Waals surface area contributed by atoms with Crippen molar-refractivity contribution in [3.63, 3.8) is 0 Å². The molecule has 0 spiro atoms. The van der Waals surface area contributed by atoms with Crippen LogP contribution in [0.25, 0.3) is 0 Å². The molecule has 0 radical (unpaired) electrons. The maximum atomic E-state index is 12.4. The number of aliphatic hydroxyl groups is 1. The molecule has 108 valence electrons. The third-order valence-corrected chi connectivity index (χ3v) is 3.11. The maximum Gasteiger partial charge on any atom is 0.253 e. The molecule has 0 aliphatic rings. The summed E-state index contributed by atoms with van der Waals surface area (Å²) >= 11 is 6.11. The number of halogens is 1. The van der Waals surface area contributed by atoms with E-state index in [1.54, 1.807) is 18.2 Å². The van der Waals surface area contributed by atoms with Crippen LogP contribution in [0, 0.1) is 11.8 Å². The number of hydrogen-bond donors (Lipinski definition) is 1. The van der Waals surface area contributed by atoms with Crippen LogP contribution in [0.4, 0.5) is 0 Å². The third-order valence-electron chi connectivity index (χ3n) is 2.79. The molecule has 0 aromatic heterocycles. The van der Waals surface area contributed by atoms with Gasteiger partial charge in [-0.1, -0.05) is 37.3 Å². The molecule has 0 atom stereocenters. The molecular weight excluding hydrogens is 274 g/mol. The van der Waals surface area contributed by atoms with Crippen molar-refractivity contribution in [2.75, 3.05) is 19.7 Å². The molecule has 3 nitrogen and oxygen atoms in total. The summed E-state index contributed by atoms with van der Waals surface area (Å²) in [5.74, 6) is 5.29. The second-order valence-electron chi connectivity index (χ2n) is 4.45. The summed E-state index contributed by atoms with van der Waals surface area (Å²) in [4.78, 5) is 14.2. The van der Waals surface area contributed by atoms with Gasteiger partial charge in [-0.3, -0.25) is 4.79 Å². The van der Waals surface area contributed by atoms with Gasteiger partial charge in [0.05, 0.1) is 5.02 Å². The molecule has 4 heteroatoms. The van der Waals surface area contributed by atoms with Crippen LogP contribution in [0.1, 0.15) is 42.6 Å². The second kappa shape index (κ2) is 8.63. The first-order chi connectivity index (χ1) is 9.63. The number of carbonyl (C=O) groups is 1. The van der Waals surface area contributed by atoms with E-state index in [2.05, 4.69) is 25.7 Å². The minimum Gasteiger partial charge on any atom is -0.384 e. The first-order valence-corrected chi connectivity index (χ1v) is 7.20. The highest BCUT2D eigenvalue weighted by Crippen LogP contribution is 2.18. The molecule has 1 aromatic rings. The van der Waals surface area contributed by atoms with Gasteiger partial charge in [-0.2, -0.15) is 0 Å². The van der Waals surface area contributed by atoms with Crippen LogP contribution in [-0.4, -0.2) is 35.6 Å².